The summed E-state index contributed by atoms with van der Waals surface area (Å²) in [6.07, 6.45) is 7.10. The van der Waals surface area contributed by atoms with Crippen molar-refractivity contribution in [1.82, 2.24) is 30.0 Å². The van der Waals surface area contributed by atoms with Gasteiger partial charge in [0.2, 0.25) is 0 Å². The molecule has 2 N–H and O–H groups in total. The van der Waals surface area contributed by atoms with Crippen LogP contribution in [0, 0.1) is 6.92 Å². The van der Waals surface area contributed by atoms with Gasteiger partial charge in [-0.2, -0.15) is 5.10 Å². The number of carbonyl (C=O) groups is 1. The lowest BCUT2D eigenvalue weighted by Crippen LogP contribution is -2.31. The van der Waals surface area contributed by atoms with Gasteiger partial charge < -0.3 is 10.6 Å². The maximum absolute atomic E-state index is 12.0. The molecule has 8 nitrogen and oxygen atoms in total. The van der Waals surface area contributed by atoms with E-state index in [1.165, 1.54) is 17.3 Å². The Bertz CT molecular complexity index is 784. The van der Waals surface area contributed by atoms with E-state index >= 15 is 0 Å². The Morgan fingerprint density at radius 3 is 3.04 bits per heavy atom. The fraction of sp³-hybridized carbons (Fsp3) is 0.214. The molecule has 0 fully saturated rings. The van der Waals surface area contributed by atoms with Gasteiger partial charge in [0.05, 0.1) is 10.7 Å². The SMILES string of the molecule is Cc1cnc(CCNC(=O)Nc2cccnc2-n2cncn2)s1. The molecule has 0 saturated carbocycles. The first kappa shape index (κ1) is 15.1. The molecule has 3 aromatic rings. The summed E-state index contributed by atoms with van der Waals surface area (Å²) in [6.45, 7) is 2.52. The topological polar surface area (TPSA) is 97.6 Å². The van der Waals surface area contributed by atoms with E-state index in [0.29, 0.717) is 24.5 Å². The molecule has 0 spiro atoms. The van der Waals surface area contributed by atoms with Gasteiger partial charge >= 0.3 is 6.03 Å². The predicted octanol–water partition coefficient (Wildman–Crippen LogP) is 1.79. The quantitative estimate of drug-likeness (QED) is 0.744. The first-order valence-electron chi connectivity index (χ1n) is 6.98. The molecule has 0 aliphatic carbocycles. The smallest absolute Gasteiger partial charge is 0.319 e. The number of hydrogen-bond acceptors (Lipinski definition) is 6. The van der Waals surface area contributed by atoms with Gasteiger partial charge in [0.1, 0.15) is 12.7 Å². The van der Waals surface area contributed by atoms with Crippen molar-refractivity contribution < 1.29 is 4.79 Å². The number of hydrogen-bond donors (Lipinski definition) is 2. The number of aromatic nitrogens is 5. The van der Waals surface area contributed by atoms with Crippen LogP contribution in [0.4, 0.5) is 10.5 Å². The first-order valence-corrected chi connectivity index (χ1v) is 7.80. The molecule has 118 valence electrons. The van der Waals surface area contributed by atoms with E-state index in [-0.39, 0.29) is 6.03 Å². The van der Waals surface area contributed by atoms with Crippen LogP contribution in [0.3, 0.4) is 0 Å². The van der Waals surface area contributed by atoms with Crippen LogP contribution in [0.2, 0.25) is 0 Å². The normalized spacial score (nSPS) is 10.5. The average molecular weight is 329 g/mol. The minimum Gasteiger partial charge on any atom is -0.337 e. The van der Waals surface area contributed by atoms with Crippen molar-refractivity contribution in [2.24, 2.45) is 0 Å². The summed E-state index contributed by atoms with van der Waals surface area (Å²) >= 11 is 1.63. The summed E-state index contributed by atoms with van der Waals surface area (Å²) in [7, 11) is 0. The summed E-state index contributed by atoms with van der Waals surface area (Å²) in [5, 5.41) is 10.6. The molecule has 0 aliphatic heterocycles. The lowest BCUT2D eigenvalue weighted by Gasteiger charge is -2.10. The minimum atomic E-state index is -0.298. The highest BCUT2D eigenvalue weighted by atomic mass is 32.1. The highest BCUT2D eigenvalue weighted by Gasteiger charge is 2.09. The summed E-state index contributed by atoms with van der Waals surface area (Å²) < 4.78 is 1.49. The van der Waals surface area contributed by atoms with Crippen LogP contribution in [0.5, 0.6) is 0 Å². The van der Waals surface area contributed by atoms with E-state index in [1.807, 2.05) is 13.1 Å². The molecule has 2 amide bonds. The van der Waals surface area contributed by atoms with Crippen molar-refractivity contribution in [3.63, 3.8) is 0 Å². The van der Waals surface area contributed by atoms with E-state index in [1.54, 1.807) is 29.7 Å². The molecule has 0 unspecified atom stereocenters. The van der Waals surface area contributed by atoms with Gasteiger partial charge in [0, 0.05) is 30.2 Å². The number of thiazole rings is 1. The number of pyridine rings is 1. The second-order valence-corrected chi connectivity index (χ2v) is 6.03. The van der Waals surface area contributed by atoms with E-state index in [9.17, 15) is 4.79 Å². The minimum absolute atomic E-state index is 0.298. The molecule has 3 aromatic heterocycles. The largest absolute Gasteiger partial charge is 0.337 e. The van der Waals surface area contributed by atoms with Crippen LogP contribution in [0.1, 0.15) is 9.88 Å². The number of aryl methyl sites for hydroxylation is 1. The number of amides is 2. The van der Waals surface area contributed by atoms with E-state index in [0.717, 1.165) is 9.88 Å². The predicted molar refractivity (Wildman–Crippen MR) is 86.7 cm³/mol. The molecule has 9 heteroatoms. The third kappa shape index (κ3) is 3.89. The van der Waals surface area contributed by atoms with Gasteiger partial charge in [0.25, 0.3) is 0 Å². The lowest BCUT2D eigenvalue weighted by atomic mass is 10.4. The van der Waals surface area contributed by atoms with E-state index in [2.05, 4.69) is 30.7 Å². The standard InChI is InChI=1S/C14H15N7OS/c1-10-7-18-12(23-10)4-6-17-14(22)20-11-3-2-5-16-13(11)21-9-15-8-19-21/h2-3,5,7-9H,4,6H2,1H3,(H2,17,20,22). The van der Waals surface area contributed by atoms with Crippen LogP contribution in [0.15, 0.2) is 37.2 Å². The molecule has 3 heterocycles. The van der Waals surface area contributed by atoms with Gasteiger partial charge in [0.15, 0.2) is 5.82 Å². The lowest BCUT2D eigenvalue weighted by molar-refractivity contribution is 0.252. The Kier molecular flexibility index (Phi) is 4.57. The fourth-order valence-corrected chi connectivity index (χ4v) is 2.75. The molecule has 0 radical (unpaired) electrons. The van der Waals surface area contributed by atoms with Gasteiger partial charge in [-0.25, -0.2) is 24.4 Å². The van der Waals surface area contributed by atoms with E-state index < -0.39 is 0 Å². The highest BCUT2D eigenvalue weighted by Crippen LogP contribution is 2.15. The van der Waals surface area contributed by atoms with Crippen LogP contribution in [0.25, 0.3) is 5.82 Å². The molecule has 3 rings (SSSR count). The van der Waals surface area contributed by atoms with Crippen molar-refractivity contribution in [2.75, 3.05) is 11.9 Å². The molecule has 0 aromatic carbocycles. The highest BCUT2D eigenvalue weighted by molar-refractivity contribution is 7.11. The molecule has 0 atom stereocenters. The van der Waals surface area contributed by atoms with Crippen molar-refractivity contribution in [1.29, 1.82) is 0 Å². The van der Waals surface area contributed by atoms with Crippen LogP contribution >= 0.6 is 11.3 Å². The van der Waals surface area contributed by atoms with Gasteiger partial charge in [-0.15, -0.1) is 11.3 Å². The number of anilines is 1. The third-order valence-corrected chi connectivity index (χ3v) is 3.94. The Labute approximate surface area is 136 Å². The summed E-state index contributed by atoms with van der Waals surface area (Å²) in [5.41, 5.74) is 0.556. The summed E-state index contributed by atoms with van der Waals surface area (Å²) in [4.78, 5) is 25.5. The molecule has 0 bridgehead atoms. The number of urea groups is 1. The second kappa shape index (κ2) is 6.97. The van der Waals surface area contributed by atoms with E-state index in [4.69, 9.17) is 0 Å². The number of carbonyl (C=O) groups excluding carboxylic acids is 1. The van der Waals surface area contributed by atoms with Gasteiger partial charge in [-0.3, -0.25) is 0 Å². The molecule has 23 heavy (non-hydrogen) atoms. The van der Waals surface area contributed by atoms with Crippen molar-refractivity contribution >= 4 is 23.1 Å². The molecule has 0 aliphatic rings. The van der Waals surface area contributed by atoms with Crippen LogP contribution in [-0.2, 0) is 6.42 Å². The average Bonchev–Trinajstić information content (AvgIpc) is 3.20. The Hall–Kier alpha value is -2.81. The van der Waals surface area contributed by atoms with Crippen molar-refractivity contribution in [2.45, 2.75) is 13.3 Å². The summed E-state index contributed by atoms with van der Waals surface area (Å²) in [6, 6.07) is 3.20. The van der Waals surface area contributed by atoms with Crippen LogP contribution in [-0.4, -0.2) is 37.3 Å². The fourth-order valence-electron chi connectivity index (χ4n) is 1.96. The van der Waals surface area contributed by atoms with Crippen LogP contribution < -0.4 is 10.6 Å². The summed E-state index contributed by atoms with van der Waals surface area (Å²) in [5.74, 6) is 0.510. The second-order valence-electron chi connectivity index (χ2n) is 4.71. The zero-order valence-electron chi connectivity index (χ0n) is 12.4. The maximum atomic E-state index is 12.0. The Morgan fingerprint density at radius 1 is 1.39 bits per heavy atom. The first-order chi connectivity index (χ1) is 11.2. The van der Waals surface area contributed by atoms with Gasteiger partial charge in [-0.05, 0) is 19.1 Å². The Morgan fingerprint density at radius 2 is 2.30 bits per heavy atom. The number of nitrogens with one attached hydrogen (secondary N) is 2. The monoisotopic (exact) mass is 329 g/mol. The number of nitrogens with zero attached hydrogens (tertiary/aromatic N) is 5. The Balaban J connectivity index is 1.58. The molecular formula is C14H15N7OS. The van der Waals surface area contributed by atoms with Crippen molar-refractivity contribution in [3.05, 3.63) is 47.1 Å². The maximum Gasteiger partial charge on any atom is 0.319 e. The zero-order chi connectivity index (χ0) is 16.1. The molecule has 0 saturated heterocycles. The number of rotatable bonds is 5. The third-order valence-electron chi connectivity index (χ3n) is 2.96. The molecular weight excluding hydrogens is 314 g/mol. The van der Waals surface area contributed by atoms with Crippen molar-refractivity contribution in [3.8, 4) is 5.82 Å². The zero-order valence-corrected chi connectivity index (χ0v) is 13.2. The van der Waals surface area contributed by atoms with Gasteiger partial charge in [-0.1, -0.05) is 0 Å².